The Labute approximate surface area is 101 Å². The van der Waals surface area contributed by atoms with Crippen molar-refractivity contribution in [2.75, 3.05) is 6.54 Å². The lowest BCUT2D eigenvalue weighted by molar-refractivity contribution is 0.0692. The number of aromatic nitrogens is 2. The van der Waals surface area contributed by atoms with Gasteiger partial charge in [-0.25, -0.2) is 0 Å². The van der Waals surface area contributed by atoms with E-state index in [4.69, 9.17) is 11.6 Å². The van der Waals surface area contributed by atoms with Gasteiger partial charge in [0, 0.05) is 12.6 Å². The average Bonchev–Trinajstić information content (AvgIpc) is 2.30. The molecule has 88 valence electrons. The second-order valence-corrected chi connectivity index (χ2v) is 3.98. The van der Waals surface area contributed by atoms with Gasteiger partial charge in [0.1, 0.15) is 0 Å². The Morgan fingerprint density at radius 3 is 2.56 bits per heavy atom. The standard InChI is InChI=1S/C11H16ClN3O/c1-4-8(3)15(5-2)11(16)9-6-7-10(12)14-13-9/h6-8H,4-5H2,1-3H3. The maximum atomic E-state index is 12.1. The third-order valence-corrected chi connectivity index (χ3v) is 2.78. The molecule has 0 spiro atoms. The summed E-state index contributed by atoms with van der Waals surface area (Å²) in [6.45, 7) is 6.68. The highest BCUT2D eigenvalue weighted by atomic mass is 35.5. The summed E-state index contributed by atoms with van der Waals surface area (Å²) in [5.41, 5.74) is 0.339. The second kappa shape index (κ2) is 5.80. The number of rotatable bonds is 4. The van der Waals surface area contributed by atoms with Gasteiger partial charge >= 0.3 is 0 Å². The van der Waals surface area contributed by atoms with Crippen molar-refractivity contribution in [1.82, 2.24) is 15.1 Å². The van der Waals surface area contributed by atoms with E-state index in [2.05, 4.69) is 10.2 Å². The van der Waals surface area contributed by atoms with Crippen molar-refractivity contribution >= 4 is 17.5 Å². The molecule has 0 aliphatic carbocycles. The summed E-state index contributed by atoms with van der Waals surface area (Å²) < 4.78 is 0. The Morgan fingerprint density at radius 1 is 1.44 bits per heavy atom. The summed E-state index contributed by atoms with van der Waals surface area (Å²) in [6.07, 6.45) is 0.917. The largest absolute Gasteiger partial charge is 0.335 e. The first kappa shape index (κ1) is 12.9. The van der Waals surface area contributed by atoms with Crippen LogP contribution in [0.2, 0.25) is 5.15 Å². The average molecular weight is 242 g/mol. The van der Waals surface area contributed by atoms with E-state index in [1.807, 2.05) is 20.8 Å². The van der Waals surface area contributed by atoms with Crippen LogP contribution in [0.25, 0.3) is 0 Å². The molecule has 1 aromatic heterocycles. The molecular formula is C11H16ClN3O. The summed E-state index contributed by atoms with van der Waals surface area (Å²) in [5.74, 6) is -0.0963. The highest BCUT2D eigenvalue weighted by Gasteiger charge is 2.19. The molecule has 5 heteroatoms. The maximum absolute atomic E-state index is 12.1. The van der Waals surface area contributed by atoms with E-state index in [0.717, 1.165) is 6.42 Å². The minimum absolute atomic E-state index is 0.0963. The third kappa shape index (κ3) is 2.92. The van der Waals surface area contributed by atoms with Crippen LogP contribution in [-0.4, -0.2) is 33.6 Å². The molecule has 1 heterocycles. The predicted molar refractivity (Wildman–Crippen MR) is 63.5 cm³/mol. The molecule has 0 aliphatic heterocycles. The summed E-state index contributed by atoms with van der Waals surface area (Å²) in [5, 5.41) is 7.76. The van der Waals surface area contributed by atoms with E-state index in [9.17, 15) is 4.79 Å². The van der Waals surface area contributed by atoms with E-state index in [-0.39, 0.29) is 11.9 Å². The van der Waals surface area contributed by atoms with Gasteiger partial charge in [-0.3, -0.25) is 4.79 Å². The lowest BCUT2D eigenvalue weighted by atomic mass is 10.2. The minimum atomic E-state index is -0.0963. The van der Waals surface area contributed by atoms with Crippen molar-refractivity contribution in [1.29, 1.82) is 0 Å². The lowest BCUT2D eigenvalue weighted by Gasteiger charge is -2.26. The molecule has 0 saturated carbocycles. The maximum Gasteiger partial charge on any atom is 0.274 e. The highest BCUT2D eigenvalue weighted by Crippen LogP contribution is 2.09. The molecule has 0 fully saturated rings. The highest BCUT2D eigenvalue weighted by molar-refractivity contribution is 6.29. The van der Waals surface area contributed by atoms with Gasteiger partial charge in [-0.15, -0.1) is 10.2 Å². The van der Waals surface area contributed by atoms with Gasteiger partial charge in [-0.05, 0) is 32.4 Å². The quantitative estimate of drug-likeness (QED) is 0.813. The molecule has 1 aromatic rings. The molecular weight excluding hydrogens is 226 g/mol. The summed E-state index contributed by atoms with van der Waals surface area (Å²) in [4.78, 5) is 13.8. The topological polar surface area (TPSA) is 46.1 Å². The van der Waals surface area contributed by atoms with Crippen LogP contribution in [0.3, 0.4) is 0 Å². The molecule has 1 atom stereocenters. The van der Waals surface area contributed by atoms with E-state index >= 15 is 0 Å². The fourth-order valence-corrected chi connectivity index (χ4v) is 1.55. The van der Waals surface area contributed by atoms with E-state index in [1.54, 1.807) is 17.0 Å². The smallest absolute Gasteiger partial charge is 0.274 e. The Balaban J connectivity index is 2.87. The van der Waals surface area contributed by atoms with Crippen LogP contribution in [0.15, 0.2) is 12.1 Å². The normalized spacial score (nSPS) is 12.2. The molecule has 1 amide bonds. The Hall–Kier alpha value is -1.16. The first-order valence-corrected chi connectivity index (χ1v) is 5.78. The minimum Gasteiger partial charge on any atom is -0.335 e. The Morgan fingerprint density at radius 2 is 2.12 bits per heavy atom. The zero-order valence-corrected chi connectivity index (χ0v) is 10.5. The van der Waals surface area contributed by atoms with Crippen LogP contribution in [0.4, 0.5) is 0 Å². The SMILES string of the molecule is CCC(C)N(CC)C(=O)c1ccc(Cl)nn1. The molecule has 4 nitrogen and oxygen atoms in total. The summed E-state index contributed by atoms with van der Waals surface area (Å²) in [7, 11) is 0. The fourth-order valence-electron chi connectivity index (χ4n) is 1.45. The van der Waals surface area contributed by atoms with Crippen LogP contribution >= 0.6 is 11.6 Å². The van der Waals surface area contributed by atoms with E-state index < -0.39 is 0 Å². The molecule has 0 bridgehead atoms. The van der Waals surface area contributed by atoms with E-state index in [1.165, 1.54) is 0 Å². The van der Waals surface area contributed by atoms with Crippen LogP contribution in [-0.2, 0) is 0 Å². The Kier molecular flexibility index (Phi) is 4.68. The van der Waals surface area contributed by atoms with Gasteiger partial charge in [-0.1, -0.05) is 18.5 Å². The predicted octanol–water partition coefficient (Wildman–Crippen LogP) is 2.39. The number of carbonyl (C=O) groups is 1. The second-order valence-electron chi connectivity index (χ2n) is 3.59. The molecule has 1 rings (SSSR count). The molecule has 16 heavy (non-hydrogen) atoms. The lowest BCUT2D eigenvalue weighted by Crippen LogP contribution is -2.38. The number of halogens is 1. The number of hydrogen-bond acceptors (Lipinski definition) is 3. The first-order valence-electron chi connectivity index (χ1n) is 5.40. The molecule has 0 saturated heterocycles. The van der Waals surface area contributed by atoms with Crippen molar-refractivity contribution < 1.29 is 4.79 Å². The van der Waals surface area contributed by atoms with E-state index in [0.29, 0.717) is 17.4 Å². The van der Waals surface area contributed by atoms with Gasteiger partial charge in [0.15, 0.2) is 10.8 Å². The van der Waals surface area contributed by atoms with Crippen molar-refractivity contribution in [3.05, 3.63) is 23.0 Å². The Bertz CT molecular complexity index is 353. The monoisotopic (exact) mass is 241 g/mol. The number of nitrogens with zero attached hydrogens (tertiary/aromatic N) is 3. The molecule has 0 aliphatic rings. The van der Waals surface area contributed by atoms with Gasteiger partial charge in [0.05, 0.1) is 0 Å². The first-order chi connectivity index (χ1) is 7.60. The molecule has 0 aromatic carbocycles. The molecule has 0 radical (unpaired) electrons. The van der Waals surface area contributed by atoms with Gasteiger partial charge in [0.25, 0.3) is 5.91 Å². The van der Waals surface area contributed by atoms with Gasteiger partial charge in [-0.2, -0.15) is 0 Å². The number of hydrogen-bond donors (Lipinski definition) is 0. The summed E-state index contributed by atoms with van der Waals surface area (Å²) >= 11 is 5.62. The number of carbonyl (C=O) groups excluding carboxylic acids is 1. The van der Waals surface area contributed by atoms with Crippen molar-refractivity contribution in [2.24, 2.45) is 0 Å². The van der Waals surface area contributed by atoms with Gasteiger partial charge in [0.2, 0.25) is 0 Å². The van der Waals surface area contributed by atoms with Crippen molar-refractivity contribution in [2.45, 2.75) is 33.2 Å². The molecule has 0 N–H and O–H groups in total. The van der Waals surface area contributed by atoms with Crippen molar-refractivity contribution in [3.8, 4) is 0 Å². The number of amides is 1. The summed E-state index contributed by atoms with van der Waals surface area (Å²) in [6, 6.07) is 3.38. The van der Waals surface area contributed by atoms with Crippen molar-refractivity contribution in [3.63, 3.8) is 0 Å². The fraction of sp³-hybridized carbons (Fsp3) is 0.545. The third-order valence-electron chi connectivity index (χ3n) is 2.58. The van der Waals surface area contributed by atoms with Gasteiger partial charge < -0.3 is 4.90 Å². The molecule has 1 unspecified atom stereocenters. The zero-order chi connectivity index (χ0) is 12.1. The van der Waals surface area contributed by atoms with Crippen LogP contribution in [0.1, 0.15) is 37.7 Å². The van der Waals surface area contributed by atoms with Crippen LogP contribution in [0.5, 0.6) is 0 Å². The van der Waals surface area contributed by atoms with Crippen LogP contribution < -0.4 is 0 Å². The zero-order valence-electron chi connectivity index (χ0n) is 9.77. The van der Waals surface area contributed by atoms with Crippen LogP contribution in [0, 0.1) is 0 Å².